The number of aromatic nitrogens is 1. The molecule has 0 N–H and O–H groups in total. The molecule has 0 spiro atoms. The third-order valence-corrected chi connectivity index (χ3v) is 4.99. The van der Waals surface area contributed by atoms with Crippen LogP contribution in [0.5, 0.6) is 0 Å². The molecule has 1 amide bonds. The Morgan fingerprint density at radius 3 is 2.30 bits per heavy atom. The molecule has 0 aliphatic carbocycles. The van der Waals surface area contributed by atoms with Gasteiger partial charge in [0.2, 0.25) is 5.91 Å². The second-order valence-corrected chi connectivity index (χ2v) is 7.05. The van der Waals surface area contributed by atoms with Crippen LogP contribution in [0.2, 0.25) is 0 Å². The fourth-order valence-electron chi connectivity index (χ4n) is 2.86. The molecule has 0 atom stereocenters. The van der Waals surface area contributed by atoms with Gasteiger partial charge in [-0.05, 0) is 37.1 Å². The number of ketones is 1. The van der Waals surface area contributed by atoms with Crippen molar-refractivity contribution in [3.63, 3.8) is 0 Å². The number of carbonyl (C=O) groups excluding carboxylic acids is 2. The summed E-state index contributed by atoms with van der Waals surface area (Å²) in [6.07, 6.45) is 3.18. The standard InChI is InChI=1S/C22H20N2O2S/c1-15-8-7-9-16(2)21(15)24(17(3)25)22-23-19(14-27-22)12-13-20(26)18-10-5-4-6-11-18/h4-14H,1-3H3. The van der Waals surface area contributed by atoms with Crippen LogP contribution in [0, 0.1) is 13.8 Å². The van der Waals surface area contributed by atoms with E-state index in [1.54, 1.807) is 23.1 Å². The van der Waals surface area contributed by atoms with E-state index in [0.29, 0.717) is 16.4 Å². The average Bonchev–Trinajstić information content (AvgIpc) is 3.11. The van der Waals surface area contributed by atoms with Gasteiger partial charge in [-0.25, -0.2) is 4.98 Å². The van der Waals surface area contributed by atoms with Crippen LogP contribution >= 0.6 is 11.3 Å². The monoisotopic (exact) mass is 376 g/mol. The van der Waals surface area contributed by atoms with Crippen LogP contribution in [-0.2, 0) is 4.79 Å². The molecule has 3 aromatic rings. The Morgan fingerprint density at radius 2 is 1.67 bits per heavy atom. The van der Waals surface area contributed by atoms with Crippen molar-refractivity contribution >= 4 is 39.9 Å². The van der Waals surface area contributed by atoms with Crippen molar-refractivity contribution in [1.82, 2.24) is 4.98 Å². The van der Waals surface area contributed by atoms with E-state index >= 15 is 0 Å². The van der Waals surface area contributed by atoms with Crippen molar-refractivity contribution in [2.45, 2.75) is 20.8 Å². The first-order valence-corrected chi connectivity index (χ1v) is 9.45. The molecule has 0 fully saturated rings. The number of carbonyl (C=O) groups is 2. The number of hydrogen-bond donors (Lipinski definition) is 0. The number of allylic oxidation sites excluding steroid dienone is 1. The summed E-state index contributed by atoms with van der Waals surface area (Å²) in [6.45, 7) is 5.48. The zero-order valence-corrected chi connectivity index (χ0v) is 16.3. The number of aryl methyl sites for hydroxylation is 2. The van der Waals surface area contributed by atoms with Gasteiger partial charge in [0.25, 0.3) is 0 Å². The summed E-state index contributed by atoms with van der Waals surface area (Å²) in [7, 11) is 0. The maximum atomic E-state index is 12.3. The number of thiazole rings is 1. The lowest BCUT2D eigenvalue weighted by atomic mass is 10.1. The predicted octanol–water partition coefficient (Wildman–Crippen LogP) is 5.34. The maximum Gasteiger partial charge on any atom is 0.230 e. The third-order valence-electron chi connectivity index (χ3n) is 4.14. The third kappa shape index (κ3) is 4.20. The van der Waals surface area contributed by atoms with Gasteiger partial charge in [0.15, 0.2) is 10.9 Å². The van der Waals surface area contributed by atoms with E-state index in [2.05, 4.69) is 4.98 Å². The first-order valence-electron chi connectivity index (χ1n) is 8.57. The summed E-state index contributed by atoms with van der Waals surface area (Å²) in [6, 6.07) is 15.0. The minimum Gasteiger partial charge on any atom is -0.289 e. The van der Waals surface area contributed by atoms with Crippen LogP contribution in [0.25, 0.3) is 6.08 Å². The smallest absolute Gasteiger partial charge is 0.230 e. The molecular weight excluding hydrogens is 356 g/mol. The lowest BCUT2D eigenvalue weighted by molar-refractivity contribution is -0.115. The molecule has 5 heteroatoms. The summed E-state index contributed by atoms with van der Waals surface area (Å²) in [5, 5.41) is 2.43. The molecule has 2 aromatic carbocycles. The van der Waals surface area contributed by atoms with Gasteiger partial charge in [0.05, 0.1) is 11.4 Å². The number of nitrogens with zero attached hydrogens (tertiary/aromatic N) is 2. The van der Waals surface area contributed by atoms with Crippen LogP contribution in [0.1, 0.15) is 34.1 Å². The van der Waals surface area contributed by atoms with Crippen LogP contribution < -0.4 is 4.90 Å². The molecule has 0 saturated heterocycles. The highest BCUT2D eigenvalue weighted by Gasteiger charge is 2.21. The van der Waals surface area contributed by atoms with E-state index < -0.39 is 0 Å². The molecule has 1 aromatic heterocycles. The zero-order valence-electron chi connectivity index (χ0n) is 15.5. The van der Waals surface area contributed by atoms with Crippen molar-refractivity contribution in [1.29, 1.82) is 0 Å². The molecule has 0 aliphatic rings. The van der Waals surface area contributed by atoms with E-state index in [4.69, 9.17) is 0 Å². The van der Waals surface area contributed by atoms with Gasteiger partial charge in [0, 0.05) is 17.9 Å². The number of hydrogen-bond acceptors (Lipinski definition) is 4. The minimum absolute atomic E-state index is 0.0803. The Morgan fingerprint density at radius 1 is 1.00 bits per heavy atom. The van der Waals surface area contributed by atoms with E-state index in [1.165, 1.54) is 24.3 Å². The number of anilines is 2. The Kier molecular flexibility index (Phi) is 5.62. The molecule has 0 unspecified atom stereocenters. The second kappa shape index (κ2) is 8.10. The highest BCUT2D eigenvalue weighted by Crippen LogP contribution is 2.33. The summed E-state index contributed by atoms with van der Waals surface area (Å²) in [5.41, 5.74) is 4.16. The van der Waals surface area contributed by atoms with Crippen molar-refractivity contribution in [3.05, 3.63) is 82.4 Å². The van der Waals surface area contributed by atoms with Gasteiger partial charge >= 0.3 is 0 Å². The molecule has 0 radical (unpaired) electrons. The highest BCUT2D eigenvalue weighted by molar-refractivity contribution is 7.14. The molecule has 0 bridgehead atoms. The SMILES string of the molecule is CC(=O)N(c1nc(C=CC(=O)c2ccccc2)cs1)c1c(C)cccc1C. The van der Waals surface area contributed by atoms with Gasteiger partial charge < -0.3 is 0 Å². The van der Waals surface area contributed by atoms with Gasteiger partial charge in [-0.15, -0.1) is 11.3 Å². The summed E-state index contributed by atoms with van der Waals surface area (Å²) in [4.78, 5) is 30.7. The Bertz CT molecular complexity index is 986. The first kappa shape index (κ1) is 18.7. The van der Waals surface area contributed by atoms with E-state index in [-0.39, 0.29) is 11.7 Å². The Labute approximate surface area is 162 Å². The average molecular weight is 376 g/mol. The molecule has 136 valence electrons. The van der Waals surface area contributed by atoms with E-state index in [1.807, 2.05) is 55.6 Å². The molecular formula is C22H20N2O2S. The fourth-order valence-corrected chi connectivity index (χ4v) is 3.70. The largest absolute Gasteiger partial charge is 0.289 e. The van der Waals surface area contributed by atoms with E-state index in [9.17, 15) is 9.59 Å². The van der Waals surface area contributed by atoms with Crippen molar-refractivity contribution in [2.75, 3.05) is 4.90 Å². The lowest BCUT2D eigenvalue weighted by Gasteiger charge is -2.22. The zero-order chi connectivity index (χ0) is 19.4. The normalized spacial score (nSPS) is 10.9. The number of amides is 1. The maximum absolute atomic E-state index is 12.3. The molecule has 0 aliphatic heterocycles. The molecule has 1 heterocycles. The Balaban J connectivity index is 1.88. The number of benzene rings is 2. The van der Waals surface area contributed by atoms with Crippen molar-refractivity contribution < 1.29 is 9.59 Å². The summed E-state index contributed by atoms with van der Waals surface area (Å²) >= 11 is 1.38. The van der Waals surface area contributed by atoms with E-state index in [0.717, 1.165) is 16.8 Å². The highest BCUT2D eigenvalue weighted by atomic mass is 32.1. The fraction of sp³-hybridized carbons (Fsp3) is 0.136. The summed E-state index contributed by atoms with van der Waals surface area (Å²) < 4.78 is 0. The van der Waals surface area contributed by atoms with Crippen LogP contribution in [0.15, 0.2) is 60.0 Å². The first-order chi connectivity index (χ1) is 13.0. The van der Waals surface area contributed by atoms with Gasteiger partial charge in [-0.2, -0.15) is 0 Å². The number of rotatable bonds is 5. The van der Waals surface area contributed by atoms with Crippen LogP contribution in [0.4, 0.5) is 10.8 Å². The molecule has 27 heavy (non-hydrogen) atoms. The number of para-hydroxylation sites is 1. The minimum atomic E-state index is -0.0994. The van der Waals surface area contributed by atoms with Crippen molar-refractivity contribution in [3.8, 4) is 0 Å². The lowest BCUT2D eigenvalue weighted by Crippen LogP contribution is -2.24. The topological polar surface area (TPSA) is 50.3 Å². The van der Waals surface area contributed by atoms with Gasteiger partial charge in [-0.1, -0.05) is 48.5 Å². The quantitative estimate of drug-likeness (QED) is 0.446. The molecule has 0 saturated carbocycles. The predicted molar refractivity (Wildman–Crippen MR) is 111 cm³/mol. The van der Waals surface area contributed by atoms with Crippen molar-refractivity contribution in [2.24, 2.45) is 0 Å². The summed E-state index contributed by atoms with van der Waals surface area (Å²) in [5.74, 6) is -0.180. The van der Waals surface area contributed by atoms with Gasteiger partial charge in [0.1, 0.15) is 0 Å². The Hall–Kier alpha value is -3.05. The molecule has 3 rings (SSSR count). The van der Waals surface area contributed by atoms with Crippen LogP contribution in [0.3, 0.4) is 0 Å². The molecule has 4 nitrogen and oxygen atoms in total. The second-order valence-electron chi connectivity index (χ2n) is 6.21. The van der Waals surface area contributed by atoms with Gasteiger partial charge in [-0.3, -0.25) is 14.5 Å². The van der Waals surface area contributed by atoms with Crippen LogP contribution in [-0.4, -0.2) is 16.7 Å².